The van der Waals surface area contributed by atoms with Gasteiger partial charge in [0.25, 0.3) is 0 Å². The smallest absolute Gasteiger partial charge is 0.240 e. The molecule has 1 atom stereocenters. The van der Waals surface area contributed by atoms with Gasteiger partial charge < -0.3 is 4.74 Å². The van der Waals surface area contributed by atoms with Gasteiger partial charge in [-0.15, -0.1) is 0 Å². The highest BCUT2D eigenvalue weighted by molar-refractivity contribution is 7.89. The second-order valence-electron chi connectivity index (χ2n) is 4.62. The van der Waals surface area contributed by atoms with Gasteiger partial charge in [-0.05, 0) is 36.5 Å². The lowest BCUT2D eigenvalue weighted by molar-refractivity contribution is 0.196. The van der Waals surface area contributed by atoms with E-state index in [1.54, 1.807) is 19.2 Å². The molecule has 0 saturated heterocycles. The van der Waals surface area contributed by atoms with Crippen LogP contribution in [0.25, 0.3) is 0 Å². The Balaban J connectivity index is 2.68. The summed E-state index contributed by atoms with van der Waals surface area (Å²) in [5.74, 6) is 0.450. The van der Waals surface area contributed by atoms with Gasteiger partial charge in [-0.25, -0.2) is 13.1 Å². The number of methoxy groups -OCH3 is 1. The van der Waals surface area contributed by atoms with Crippen molar-refractivity contribution in [3.05, 3.63) is 29.8 Å². The highest BCUT2D eigenvalue weighted by Crippen LogP contribution is 2.20. The van der Waals surface area contributed by atoms with E-state index in [9.17, 15) is 8.42 Å². The van der Waals surface area contributed by atoms with Gasteiger partial charge in [0.05, 0.1) is 4.90 Å². The molecule has 19 heavy (non-hydrogen) atoms. The summed E-state index contributed by atoms with van der Waals surface area (Å²) in [6, 6.07) is 7.11. The van der Waals surface area contributed by atoms with E-state index in [1.807, 2.05) is 12.1 Å². The Hall–Kier alpha value is -0.910. The van der Waals surface area contributed by atoms with Crippen molar-refractivity contribution in [2.75, 3.05) is 20.3 Å². The molecule has 1 rings (SSSR count). The van der Waals surface area contributed by atoms with Gasteiger partial charge in [-0.3, -0.25) is 0 Å². The summed E-state index contributed by atoms with van der Waals surface area (Å²) >= 11 is 0. The van der Waals surface area contributed by atoms with E-state index in [4.69, 9.17) is 4.74 Å². The number of nitrogens with one attached hydrogen (secondary N) is 1. The molecule has 0 heterocycles. The lowest BCUT2D eigenvalue weighted by atomic mass is 9.99. The van der Waals surface area contributed by atoms with Crippen molar-refractivity contribution in [1.82, 2.24) is 4.72 Å². The van der Waals surface area contributed by atoms with E-state index >= 15 is 0 Å². The van der Waals surface area contributed by atoms with Crippen molar-refractivity contribution in [2.24, 2.45) is 0 Å². The van der Waals surface area contributed by atoms with E-state index in [0.29, 0.717) is 30.4 Å². The number of hydrogen-bond acceptors (Lipinski definition) is 3. The number of rotatable bonds is 8. The molecular weight excluding hydrogens is 262 g/mol. The molecule has 5 heteroatoms. The highest BCUT2D eigenvalue weighted by Gasteiger charge is 2.13. The quantitative estimate of drug-likeness (QED) is 0.747. The summed E-state index contributed by atoms with van der Waals surface area (Å²) in [7, 11) is -1.80. The summed E-state index contributed by atoms with van der Waals surface area (Å²) < 4.78 is 31.4. The minimum absolute atomic E-state index is 0.317. The zero-order valence-electron chi connectivity index (χ0n) is 11.8. The van der Waals surface area contributed by atoms with Crippen molar-refractivity contribution >= 4 is 10.0 Å². The minimum atomic E-state index is -3.40. The molecule has 1 N–H and O–H groups in total. The SMILES string of the molecule is CCC(C)c1ccc(S(=O)(=O)NCCCOC)cc1. The van der Waals surface area contributed by atoms with Crippen LogP contribution in [0.15, 0.2) is 29.2 Å². The van der Waals surface area contributed by atoms with Crippen molar-refractivity contribution in [2.45, 2.75) is 37.5 Å². The standard InChI is InChI=1S/C14H23NO3S/c1-4-12(2)13-6-8-14(9-7-13)19(16,17)15-10-5-11-18-3/h6-9,12,15H,4-5,10-11H2,1-3H3. The van der Waals surface area contributed by atoms with Crippen LogP contribution in [0, 0.1) is 0 Å². The van der Waals surface area contributed by atoms with Crippen molar-refractivity contribution in [3.8, 4) is 0 Å². The van der Waals surface area contributed by atoms with Crippen LogP contribution in [0.3, 0.4) is 0 Å². The molecule has 1 aromatic carbocycles. The van der Waals surface area contributed by atoms with E-state index in [-0.39, 0.29) is 0 Å². The molecule has 108 valence electrons. The molecule has 4 nitrogen and oxygen atoms in total. The Morgan fingerprint density at radius 2 is 1.89 bits per heavy atom. The first-order valence-corrected chi connectivity index (χ1v) is 8.08. The zero-order chi connectivity index (χ0) is 14.3. The average molecular weight is 285 g/mol. The van der Waals surface area contributed by atoms with E-state index in [1.165, 1.54) is 5.56 Å². The third kappa shape index (κ3) is 4.93. The molecular formula is C14H23NO3S. The van der Waals surface area contributed by atoms with Crippen LogP contribution in [0.1, 0.15) is 38.2 Å². The molecule has 0 amide bonds. The Morgan fingerprint density at radius 1 is 1.26 bits per heavy atom. The Kier molecular flexibility index (Phi) is 6.48. The van der Waals surface area contributed by atoms with Crippen LogP contribution < -0.4 is 4.72 Å². The van der Waals surface area contributed by atoms with Crippen LogP contribution >= 0.6 is 0 Å². The molecule has 1 aromatic rings. The van der Waals surface area contributed by atoms with Gasteiger partial charge in [0.1, 0.15) is 0 Å². The molecule has 0 aliphatic heterocycles. The molecule has 1 unspecified atom stereocenters. The highest BCUT2D eigenvalue weighted by atomic mass is 32.2. The fraction of sp³-hybridized carbons (Fsp3) is 0.571. The Bertz CT molecular complexity index is 468. The van der Waals surface area contributed by atoms with Crippen molar-refractivity contribution in [3.63, 3.8) is 0 Å². The number of benzene rings is 1. The minimum Gasteiger partial charge on any atom is -0.385 e. The van der Waals surface area contributed by atoms with Gasteiger partial charge in [0, 0.05) is 20.3 Å². The number of hydrogen-bond donors (Lipinski definition) is 1. The van der Waals surface area contributed by atoms with E-state index in [2.05, 4.69) is 18.6 Å². The van der Waals surface area contributed by atoms with Crippen molar-refractivity contribution in [1.29, 1.82) is 0 Å². The Labute approximate surface area is 116 Å². The van der Waals surface area contributed by atoms with Crippen LogP contribution in [-0.2, 0) is 14.8 Å². The lowest BCUT2D eigenvalue weighted by Crippen LogP contribution is -2.25. The molecule has 0 aromatic heterocycles. The zero-order valence-corrected chi connectivity index (χ0v) is 12.7. The van der Waals surface area contributed by atoms with Gasteiger partial charge in [-0.2, -0.15) is 0 Å². The third-order valence-corrected chi connectivity index (χ3v) is 4.67. The predicted octanol–water partition coefficient (Wildman–Crippen LogP) is 2.51. The number of ether oxygens (including phenoxy) is 1. The van der Waals surface area contributed by atoms with Gasteiger partial charge in [-0.1, -0.05) is 26.0 Å². The summed E-state index contributed by atoms with van der Waals surface area (Å²) in [6.07, 6.45) is 1.71. The second kappa shape index (κ2) is 7.62. The fourth-order valence-corrected chi connectivity index (χ4v) is 2.79. The molecule has 0 fully saturated rings. The van der Waals surface area contributed by atoms with E-state index in [0.717, 1.165) is 6.42 Å². The van der Waals surface area contributed by atoms with Crippen LogP contribution in [0.5, 0.6) is 0 Å². The largest absolute Gasteiger partial charge is 0.385 e. The van der Waals surface area contributed by atoms with Gasteiger partial charge >= 0.3 is 0 Å². The maximum Gasteiger partial charge on any atom is 0.240 e. The first-order chi connectivity index (χ1) is 9.01. The van der Waals surface area contributed by atoms with Crippen LogP contribution in [0.2, 0.25) is 0 Å². The number of sulfonamides is 1. The first-order valence-electron chi connectivity index (χ1n) is 6.59. The van der Waals surface area contributed by atoms with Crippen LogP contribution in [0.4, 0.5) is 0 Å². The molecule has 0 aliphatic carbocycles. The molecule has 0 aliphatic rings. The summed E-state index contributed by atoms with van der Waals surface area (Å²) in [4.78, 5) is 0.317. The first kappa shape index (κ1) is 16.1. The lowest BCUT2D eigenvalue weighted by Gasteiger charge is -2.10. The van der Waals surface area contributed by atoms with Crippen LogP contribution in [-0.4, -0.2) is 28.7 Å². The molecule has 0 radical (unpaired) electrons. The third-order valence-electron chi connectivity index (χ3n) is 3.19. The van der Waals surface area contributed by atoms with E-state index < -0.39 is 10.0 Å². The maximum atomic E-state index is 12.0. The monoisotopic (exact) mass is 285 g/mol. The summed E-state index contributed by atoms with van der Waals surface area (Å²) in [5.41, 5.74) is 1.17. The molecule has 0 saturated carbocycles. The average Bonchev–Trinajstić information content (AvgIpc) is 2.43. The maximum absolute atomic E-state index is 12.0. The van der Waals surface area contributed by atoms with Gasteiger partial charge in [0.15, 0.2) is 0 Å². The molecule has 0 bridgehead atoms. The van der Waals surface area contributed by atoms with Crippen molar-refractivity contribution < 1.29 is 13.2 Å². The second-order valence-corrected chi connectivity index (χ2v) is 6.39. The van der Waals surface area contributed by atoms with Gasteiger partial charge in [0.2, 0.25) is 10.0 Å². The fourth-order valence-electron chi connectivity index (χ4n) is 1.72. The molecule has 0 spiro atoms. The topological polar surface area (TPSA) is 55.4 Å². The summed E-state index contributed by atoms with van der Waals surface area (Å²) in [5, 5.41) is 0. The predicted molar refractivity (Wildman–Crippen MR) is 76.8 cm³/mol. The Morgan fingerprint density at radius 3 is 2.42 bits per heavy atom. The normalized spacial score (nSPS) is 13.4. The summed E-state index contributed by atoms with van der Waals surface area (Å²) in [6.45, 7) is 5.19.